The third kappa shape index (κ3) is 8.24. The van der Waals surface area contributed by atoms with Crippen LogP contribution in [0.15, 0.2) is 24.3 Å². The first-order valence-corrected chi connectivity index (χ1v) is 6.74. The molecular formula is C13H17ClF3NO2. The Hall–Kier alpha value is -0.980. The summed E-state index contributed by atoms with van der Waals surface area (Å²) in [5.41, 5.74) is 0.890. The van der Waals surface area contributed by atoms with E-state index in [4.69, 9.17) is 16.3 Å². The first kappa shape index (κ1) is 17.1. The molecule has 3 nitrogen and oxygen atoms in total. The van der Waals surface area contributed by atoms with Gasteiger partial charge in [0.1, 0.15) is 5.75 Å². The van der Waals surface area contributed by atoms with Gasteiger partial charge in [-0.3, -0.25) is 0 Å². The molecule has 1 N–H and O–H groups in total. The summed E-state index contributed by atoms with van der Waals surface area (Å²) in [5.74, 6) is 0.274. The largest absolute Gasteiger partial charge is 0.573 e. The summed E-state index contributed by atoms with van der Waals surface area (Å²) in [6.45, 7) is 2.53. The number of alkyl halides is 4. The van der Waals surface area contributed by atoms with Crippen molar-refractivity contribution in [3.8, 4) is 5.75 Å². The third-order valence-corrected chi connectivity index (χ3v) is 2.50. The minimum absolute atomic E-state index is 0.212. The number of rotatable bonds is 9. The Bertz CT molecular complexity index is 371. The quantitative estimate of drug-likeness (QED) is 0.560. The maximum Gasteiger partial charge on any atom is 0.573 e. The second kappa shape index (κ2) is 9.05. The van der Waals surface area contributed by atoms with Crippen molar-refractivity contribution in [1.82, 2.24) is 5.32 Å². The molecule has 1 aromatic carbocycles. The molecule has 0 saturated heterocycles. The van der Waals surface area contributed by atoms with Crippen LogP contribution in [-0.2, 0) is 11.3 Å². The average molecular weight is 312 g/mol. The van der Waals surface area contributed by atoms with Crippen molar-refractivity contribution in [3.63, 3.8) is 0 Å². The predicted molar refractivity (Wildman–Crippen MR) is 71.0 cm³/mol. The van der Waals surface area contributed by atoms with Crippen LogP contribution in [-0.4, -0.2) is 32.0 Å². The van der Waals surface area contributed by atoms with Gasteiger partial charge in [-0.1, -0.05) is 12.1 Å². The molecule has 0 radical (unpaired) electrons. The zero-order valence-corrected chi connectivity index (χ0v) is 11.6. The van der Waals surface area contributed by atoms with E-state index in [1.54, 1.807) is 12.1 Å². The van der Waals surface area contributed by atoms with Gasteiger partial charge < -0.3 is 14.8 Å². The van der Waals surface area contributed by atoms with Gasteiger partial charge in [-0.25, -0.2) is 0 Å². The molecule has 20 heavy (non-hydrogen) atoms. The molecule has 0 heterocycles. The van der Waals surface area contributed by atoms with Crippen molar-refractivity contribution >= 4 is 11.6 Å². The number of halogens is 4. The van der Waals surface area contributed by atoms with E-state index in [9.17, 15) is 13.2 Å². The van der Waals surface area contributed by atoms with Gasteiger partial charge in [0, 0.05) is 19.0 Å². The van der Waals surface area contributed by atoms with Crippen molar-refractivity contribution in [2.45, 2.75) is 19.3 Å². The molecule has 0 aromatic heterocycles. The number of hydrogen-bond donors (Lipinski definition) is 1. The molecule has 0 unspecified atom stereocenters. The van der Waals surface area contributed by atoms with Gasteiger partial charge in [-0.15, -0.1) is 24.8 Å². The molecule has 0 spiro atoms. The monoisotopic (exact) mass is 311 g/mol. The highest BCUT2D eigenvalue weighted by molar-refractivity contribution is 6.17. The lowest BCUT2D eigenvalue weighted by Gasteiger charge is -2.09. The van der Waals surface area contributed by atoms with Crippen molar-refractivity contribution in [1.29, 1.82) is 0 Å². The second-order valence-corrected chi connectivity index (χ2v) is 4.40. The molecule has 1 aromatic rings. The van der Waals surface area contributed by atoms with Crippen molar-refractivity contribution in [2.24, 2.45) is 0 Å². The molecule has 0 amide bonds. The Labute approximate surface area is 121 Å². The Morgan fingerprint density at radius 2 is 1.80 bits per heavy atom. The van der Waals surface area contributed by atoms with E-state index in [0.717, 1.165) is 18.5 Å². The minimum atomic E-state index is -4.65. The van der Waals surface area contributed by atoms with Gasteiger partial charge in [-0.2, -0.15) is 0 Å². The molecule has 0 aliphatic heterocycles. The van der Waals surface area contributed by atoms with E-state index in [-0.39, 0.29) is 5.75 Å². The van der Waals surface area contributed by atoms with E-state index in [1.165, 1.54) is 12.1 Å². The summed E-state index contributed by atoms with van der Waals surface area (Å²) >= 11 is 5.45. The smallest absolute Gasteiger partial charge is 0.406 e. The third-order valence-electron chi connectivity index (χ3n) is 2.35. The molecule has 114 valence electrons. The highest BCUT2D eigenvalue weighted by Gasteiger charge is 2.30. The fourth-order valence-electron chi connectivity index (χ4n) is 1.50. The normalized spacial score (nSPS) is 11.6. The lowest BCUT2D eigenvalue weighted by Crippen LogP contribution is -2.18. The lowest BCUT2D eigenvalue weighted by molar-refractivity contribution is -0.274. The van der Waals surface area contributed by atoms with E-state index >= 15 is 0 Å². The molecule has 0 fully saturated rings. The Morgan fingerprint density at radius 1 is 1.10 bits per heavy atom. The molecule has 0 saturated carbocycles. The summed E-state index contributed by atoms with van der Waals surface area (Å²) in [6.07, 6.45) is -3.80. The maximum atomic E-state index is 12.0. The van der Waals surface area contributed by atoms with Gasteiger partial charge in [0.05, 0.1) is 6.61 Å². The second-order valence-electron chi connectivity index (χ2n) is 4.02. The average Bonchev–Trinajstić information content (AvgIpc) is 2.38. The topological polar surface area (TPSA) is 30.5 Å². The Morgan fingerprint density at radius 3 is 2.40 bits per heavy atom. The van der Waals surface area contributed by atoms with Crippen LogP contribution >= 0.6 is 11.6 Å². The van der Waals surface area contributed by atoms with Crippen LogP contribution in [0, 0.1) is 0 Å². The first-order valence-electron chi connectivity index (χ1n) is 6.20. The van der Waals surface area contributed by atoms with Gasteiger partial charge in [-0.05, 0) is 30.7 Å². The molecule has 0 atom stereocenters. The van der Waals surface area contributed by atoms with E-state index in [2.05, 4.69) is 10.1 Å². The first-order chi connectivity index (χ1) is 9.51. The van der Waals surface area contributed by atoms with Crippen LogP contribution in [0.4, 0.5) is 13.2 Å². The van der Waals surface area contributed by atoms with E-state index < -0.39 is 6.36 Å². The van der Waals surface area contributed by atoms with Gasteiger partial charge in [0.15, 0.2) is 0 Å². The highest BCUT2D eigenvalue weighted by atomic mass is 35.5. The summed E-state index contributed by atoms with van der Waals surface area (Å²) < 4.78 is 44.9. The highest BCUT2D eigenvalue weighted by Crippen LogP contribution is 2.22. The van der Waals surface area contributed by atoms with Crippen molar-refractivity contribution in [3.05, 3.63) is 29.8 Å². The van der Waals surface area contributed by atoms with E-state index in [0.29, 0.717) is 25.6 Å². The van der Waals surface area contributed by atoms with Gasteiger partial charge in [0.2, 0.25) is 0 Å². The number of benzene rings is 1. The van der Waals surface area contributed by atoms with Crippen molar-refractivity contribution < 1.29 is 22.6 Å². The number of nitrogens with one attached hydrogen (secondary N) is 1. The fraction of sp³-hybridized carbons (Fsp3) is 0.538. The van der Waals surface area contributed by atoms with Crippen LogP contribution in [0.3, 0.4) is 0 Å². The summed E-state index contributed by atoms with van der Waals surface area (Å²) in [7, 11) is 0. The SMILES string of the molecule is FC(F)(F)Oc1ccc(CNCCCOCCCl)cc1. The molecule has 0 aliphatic carbocycles. The van der Waals surface area contributed by atoms with Crippen LogP contribution in [0.2, 0.25) is 0 Å². The van der Waals surface area contributed by atoms with Crippen LogP contribution in [0.5, 0.6) is 5.75 Å². The standard InChI is InChI=1S/C13H17ClF3NO2/c14-6-9-19-8-1-7-18-10-11-2-4-12(5-3-11)20-13(15,16)17/h2-5,18H,1,6-10H2. The molecule has 0 bridgehead atoms. The van der Waals surface area contributed by atoms with Crippen LogP contribution in [0.1, 0.15) is 12.0 Å². The summed E-state index contributed by atoms with van der Waals surface area (Å²) in [6, 6.07) is 5.79. The van der Waals surface area contributed by atoms with Gasteiger partial charge in [0.25, 0.3) is 0 Å². The molecular weight excluding hydrogens is 295 g/mol. The number of hydrogen-bond acceptors (Lipinski definition) is 3. The fourth-order valence-corrected chi connectivity index (χ4v) is 1.61. The van der Waals surface area contributed by atoms with Crippen LogP contribution in [0.25, 0.3) is 0 Å². The molecule has 0 aliphatic rings. The lowest BCUT2D eigenvalue weighted by atomic mass is 10.2. The van der Waals surface area contributed by atoms with Gasteiger partial charge >= 0.3 is 6.36 Å². The number of ether oxygens (including phenoxy) is 2. The van der Waals surface area contributed by atoms with Crippen LogP contribution < -0.4 is 10.1 Å². The van der Waals surface area contributed by atoms with Crippen molar-refractivity contribution in [2.75, 3.05) is 25.6 Å². The molecule has 1 rings (SSSR count). The Kier molecular flexibility index (Phi) is 7.72. The summed E-state index contributed by atoms with van der Waals surface area (Å²) in [4.78, 5) is 0. The zero-order valence-electron chi connectivity index (χ0n) is 10.9. The zero-order chi connectivity index (χ0) is 14.8. The Balaban J connectivity index is 2.18. The predicted octanol–water partition coefficient (Wildman–Crippen LogP) is 3.32. The van der Waals surface area contributed by atoms with E-state index in [1.807, 2.05) is 0 Å². The minimum Gasteiger partial charge on any atom is -0.406 e. The summed E-state index contributed by atoms with van der Waals surface area (Å²) in [5, 5.41) is 3.17. The maximum absolute atomic E-state index is 12.0. The molecule has 7 heteroatoms.